The first-order chi connectivity index (χ1) is 9.37. The molecule has 20 heavy (non-hydrogen) atoms. The zero-order valence-electron chi connectivity index (χ0n) is 11.4. The molecular weight excluding hydrogens is 285 g/mol. The summed E-state index contributed by atoms with van der Waals surface area (Å²) in [4.78, 5) is -0.411. The molecule has 0 radical (unpaired) electrons. The molecule has 1 fully saturated rings. The van der Waals surface area contributed by atoms with Crippen LogP contribution in [0.25, 0.3) is 0 Å². The first-order valence-electron chi connectivity index (χ1n) is 6.37. The van der Waals surface area contributed by atoms with Crippen molar-refractivity contribution < 1.29 is 22.7 Å². The van der Waals surface area contributed by atoms with Crippen LogP contribution in [0.5, 0.6) is 0 Å². The highest BCUT2D eigenvalue weighted by Crippen LogP contribution is 2.26. The molecule has 0 spiro atoms. The van der Waals surface area contributed by atoms with E-state index in [1.54, 1.807) is 6.92 Å². The second-order valence-electron chi connectivity index (χ2n) is 4.88. The first kappa shape index (κ1) is 15.4. The fourth-order valence-corrected chi connectivity index (χ4v) is 3.93. The predicted octanol–water partition coefficient (Wildman–Crippen LogP) is 1.12. The standard InChI is InChI=1S/C13H18FNO4S/c1-9-12(5-6-19-9)15(2)20(17,18)13-7-10(8-16)3-4-11(13)14/h3-4,7,9,12,16H,5-6,8H2,1-2H3. The minimum absolute atomic E-state index is 0.223. The van der Waals surface area contributed by atoms with Gasteiger partial charge in [0.25, 0.3) is 0 Å². The number of likely N-dealkylation sites (N-methyl/N-ethyl adjacent to an activating group) is 1. The van der Waals surface area contributed by atoms with Gasteiger partial charge in [-0.05, 0) is 31.0 Å². The third kappa shape index (κ3) is 2.71. The number of sulfonamides is 1. The van der Waals surface area contributed by atoms with Crippen molar-refractivity contribution in [3.8, 4) is 0 Å². The second kappa shape index (κ2) is 5.77. The average molecular weight is 303 g/mol. The Balaban J connectivity index is 2.39. The molecule has 1 aromatic carbocycles. The van der Waals surface area contributed by atoms with E-state index in [0.717, 1.165) is 10.4 Å². The van der Waals surface area contributed by atoms with Crippen molar-refractivity contribution in [3.05, 3.63) is 29.6 Å². The van der Waals surface area contributed by atoms with Crippen molar-refractivity contribution in [2.24, 2.45) is 0 Å². The normalized spacial score (nSPS) is 23.4. The molecule has 1 saturated heterocycles. The smallest absolute Gasteiger partial charge is 0.246 e. The maximum Gasteiger partial charge on any atom is 0.246 e. The van der Waals surface area contributed by atoms with Crippen molar-refractivity contribution in [1.82, 2.24) is 4.31 Å². The van der Waals surface area contributed by atoms with E-state index in [9.17, 15) is 12.8 Å². The van der Waals surface area contributed by atoms with Gasteiger partial charge in [-0.3, -0.25) is 0 Å². The molecule has 1 aliphatic heterocycles. The lowest BCUT2D eigenvalue weighted by Crippen LogP contribution is -2.41. The molecular formula is C13H18FNO4S. The molecule has 112 valence electrons. The highest BCUT2D eigenvalue weighted by atomic mass is 32.2. The van der Waals surface area contributed by atoms with E-state index in [0.29, 0.717) is 18.6 Å². The van der Waals surface area contributed by atoms with Gasteiger partial charge in [-0.25, -0.2) is 12.8 Å². The molecule has 1 N–H and O–H groups in total. The van der Waals surface area contributed by atoms with E-state index in [1.165, 1.54) is 19.2 Å². The summed E-state index contributed by atoms with van der Waals surface area (Å²) >= 11 is 0. The molecule has 1 heterocycles. The van der Waals surface area contributed by atoms with Gasteiger partial charge in [0.05, 0.1) is 18.8 Å². The second-order valence-corrected chi connectivity index (χ2v) is 6.84. The number of nitrogens with zero attached hydrogens (tertiary/aromatic N) is 1. The van der Waals surface area contributed by atoms with Crippen molar-refractivity contribution >= 4 is 10.0 Å². The molecule has 7 heteroatoms. The van der Waals surface area contributed by atoms with Crippen LogP contribution < -0.4 is 0 Å². The Hall–Kier alpha value is -1.02. The third-order valence-electron chi connectivity index (χ3n) is 3.64. The monoisotopic (exact) mass is 303 g/mol. The van der Waals surface area contributed by atoms with E-state index in [4.69, 9.17) is 9.84 Å². The number of ether oxygens (including phenoxy) is 1. The Morgan fingerprint density at radius 1 is 1.50 bits per heavy atom. The zero-order chi connectivity index (χ0) is 14.9. The van der Waals surface area contributed by atoms with E-state index < -0.39 is 20.7 Å². The highest BCUT2D eigenvalue weighted by Gasteiger charge is 2.36. The van der Waals surface area contributed by atoms with Gasteiger partial charge >= 0.3 is 0 Å². The number of aliphatic hydroxyl groups excluding tert-OH is 1. The van der Waals surface area contributed by atoms with E-state index in [1.807, 2.05) is 0 Å². The Bertz CT molecular complexity index is 590. The van der Waals surface area contributed by atoms with E-state index in [-0.39, 0.29) is 18.8 Å². The van der Waals surface area contributed by atoms with Crippen molar-refractivity contribution in [2.75, 3.05) is 13.7 Å². The average Bonchev–Trinajstić information content (AvgIpc) is 2.84. The molecule has 0 aromatic heterocycles. The molecule has 0 saturated carbocycles. The topological polar surface area (TPSA) is 66.8 Å². The van der Waals surface area contributed by atoms with Crippen LogP contribution in [0.3, 0.4) is 0 Å². The van der Waals surface area contributed by atoms with Crippen LogP contribution in [0.1, 0.15) is 18.9 Å². The van der Waals surface area contributed by atoms with Gasteiger partial charge in [-0.15, -0.1) is 0 Å². The van der Waals surface area contributed by atoms with Crippen LogP contribution >= 0.6 is 0 Å². The molecule has 5 nitrogen and oxygen atoms in total. The van der Waals surface area contributed by atoms with Gasteiger partial charge in [0.1, 0.15) is 10.7 Å². The fourth-order valence-electron chi connectivity index (χ4n) is 2.38. The van der Waals surface area contributed by atoms with Crippen molar-refractivity contribution in [2.45, 2.75) is 37.0 Å². The lowest BCUT2D eigenvalue weighted by molar-refractivity contribution is 0.102. The van der Waals surface area contributed by atoms with Gasteiger partial charge < -0.3 is 9.84 Å². The number of benzene rings is 1. The minimum Gasteiger partial charge on any atom is -0.392 e. The largest absolute Gasteiger partial charge is 0.392 e. The lowest BCUT2D eigenvalue weighted by atomic mass is 10.2. The molecule has 2 rings (SSSR count). The molecule has 0 amide bonds. The van der Waals surface area contributed by atoms with Gasteiger partial charge in [0.2, 0.25) is 10.0 Å². The maximum atomic E-state index is 13.8. The zero-order valence-corrected chi connectivity index (χ0v) is 12.2. The predicted molar refractivity (Wildman–Crippen MR) is 71.1 cm³/mol. The maximum absolute atomic E-state index is 13.8. The van der Waals surface area contributed by atoms with Crippen molar-refractivity contribution in [1.29, 1.82) is 0 Å². The SMILES string of the molecule is CC1OCCC1N(C)S(=O)(=O)c1cc(CO)ccc1F. The number of aliphatic hydroxyl groups is 1. The van der Waals surface area contributed by atoms with Crippen LogP contribution in [-0.2, 0) is 21.4 Å². The number of halogens is 1. The van der Waals surface area contributed by atoms with E-state index >= 15 is 0 Å². The molecule has 0 bridgehead atoms. The van der Waals surface area contributed by atoms with Gasteiger partial charge in [0.15, 0.2) is 0 Å². The summed E-state index contributed by atoms with van der Waals surface area (Å²) in [6.07, 6.45) is 0.358. The number of hydrogen-bond acceptors (Lipinski definition) is 4. The highest BCUT2D eigenvalue weighted by molar-refractivity contribution is 7.89. The third-order valence-corrected chi connectivity index (χ3v) is 5.54. The molecule has 1 aliphatic rings. The Kier molecular flexibility index (Phi) is 4.43. The van der Waals surface area contributed by atoms with Crippen LogP contribution in [0, 0.1) is 5.82 Å². The first-order valence-corrected chi connectivity index (χ1v) is 7.81. The van der Waals surface area contributed by atoms with Gasteiger partial charge in [-0.2, -0.15) is 4.31 Å². The molecule has 0 aliphatic carbocycles. The summed E-state index contributed by atoms with van der Waals surface area (Å²) in [5.41, 5.74) is 0.356. The Morgan fingerprint density at radius 2 is 2.20 bits per heavy atom. The fraction of sp³-hybridized carbons (Fsp3) is 0.538. The lowest BCUT2D eigenvalue weighted by Gasteiger charge is -2.26. The Labute approximate surface area is 118 Å². The summed E-state index contributed by atoms with van der Waals surface area (Å²) in [7, 11) is -2.52. The summed E-state index contributed by atoms with van der Waals surface area (Å²) in [5, 5.41) is 9.06. The number of hydrogen-bond donors (Lipinski definition) is 1. The summed E-state index contributed by atoms with van der Waals surface area (Å²) in [6.45, 7) is 1.95. The van der Waals surface area contributed by atoms with Crippen LogP contribution in [0.2, 0.25) is 0 Å². The minimum atomic E-state index is -3.95. The van der Waals surface area contributed by atoms with Crippen molar-refractivity contribution in [3.63, 3.8) is 0 Å². The molecule has 2 atom stereocenters. The molecule has 1 aromatic rings. The Morgan fingerprint density at radius 3 is 2.75 bits per heavy atom. The van der Waals surface area contributed by atoms with Crippen LogP contribution in [-0.4, -0.2) is 43.6 Å². The summed E-state index contributed by atoms with van der Waals surface area (Å²) in [6, 6.07) is 3.27. The quantitative estimate of drug-likeness (QED) is 0.905. The van der Waals surface area contributed by atoms with Crippen LogP contribution in [0.15, 0.2) is 23.1 Å². The molecule has 2 unspecified atom stereocenters. The summed E-state index contributed by atoms with van der Waals surface area (Å²) in [5.74, 6) is -0.819. The van der Waals surface area contributed by atoms with Crippen LogP contribution in [0.4, 0.5) is 4.39 Å². The number of rotatable bonds is 4. The van der Waals surface area contributed by atoms with E-state index in [2.05, 4.69) is 0 Å². The summed E-state index contributed by atoms with van der Waals surface area (Å²) < 4.78 is 45.3. The van der Waals surface area contributed by atoms with Gasteiger partial charge in [0, 0.05) is 13.7 Å². The van der Waals surface area contributed by atoms with Gasteiger partial charge in [-0.1, -0.05) is 6.07 Å².